The van der Waals surface area contributed by atoms with Gasteiger partial charge in [0.1, 0.15) is 5.82 Å². The molecule has 104 valence electrons. The normalized spacial score (nSPS) is 17.5. The molecule has 2 aromatic carbocycles. The number of aryl methyl sites for hydroxylation is 1. The van der Waals surface area contributed by atoms with Crippen molar-refractivity contribution < 1.29 is 4.39 Å². The zero-order chi connectivity index (χ0) is 14.3. The smallest absolute Gasteiger partial charge is 0.123 e. The van der Waals surface area contributed by atoms with Gasteiger partial charge in [-0.05, 0) is 49.2 Å². The van der Waals surface area contributed by atoms with Crippen LogP contribution in [0.3, 0.4) is 0 Å². The molecule has 1 atom stereocenters. The van der Waals surface area contributed by atoms with Crippen LogP contribution < -0.4 is 9.80 Å². The van der Waals surface area contributed by atoms with Gasteiger partial charge in [-0.2, -0.15) is 0 Å². The molecule has 1 aliphatic rings. The molecule has 0 saturated carbocycles. The third kappa shape index (κ3) is 2.03. The molecule has 3 rings (SSSR count). The topological polar surface area (TPSA) is 6.48 Å². The summed E-state index contributed by atoms with van der Waals surface area (Å²) in [6.45, 7) is 4.96. The number of para-hydroxylation sites is 2. The first-order valence-electron chi connectivity index (χ1n) is 6.91. The number of benzene rings is 2. The number of rotatable bonds is 2. The highest BCUT2D eigenvalue weighted by Crippen LogP contribution is 2.39. The summed E-state index contributed by atoms with van der Waals surface area (Å²) in [5.74, 6) is -0.168. The van der Waals surface area contributed by atoms with Crippen molar-refractivity contribution in [3.8, 4) is 0 Å². The van der Waals surface area contributed by atoms with E-state index in [1.54, 1.807) is 12.1 Å². The second-order valence-corrected chi connectivity index (χ2v) is 5.43. The van der Waals surface area contributed by atoms with E-state index in [1.807, 2.05) is 13.0 Å². The molecule has 1 unspecified atom stereocenters. The molecule has 0 amide bonds. The number of nitrogens with zero attached hydrogens (tertiary/aromatic N) is 2. The Morgan fingerprint density at radius 2 is 1.80 bits per heavy atom. The van der Waals surface area contributed by atoms with E-state index < -0.39 is 0 Å². The van der Waals surface area contributed by atoms with Gasteiger partial charge in [-0.3, -0.25) is 0 Å². The van der Waals surface area contributed by atoms with Crippen molar-refractivity contribution >= 4 is 11.4 Å². The van der Waals surface area contributed by atoms with E-state index in [-0.39, 0.29) is 5.82 Å². The lowest BCUT2D eigenvalue weighted by Crippen LogP contribution is -2.38. The third-order valence-electron chi connectivity index (χ3n) is 4.23. The van der Waals surface area contributed by atoms with Gasteiger partial charge in [-0.15, -0.1) is 0 Å². The van der Waals surface area contributed by atoms with Crippen molar-refractivity contribution in [1.82, 2.24) is 0 Å². The summed E-state index contributed by atoms with van der Waals surface area (Å²) in [6.07, 6.45) is 0.303. The number of hydrogen-bond acceptors (Lipinski definition) is 2. The fourth-order valence-electron chi connectivity index (χ4n) is 2.85. The first-order chi connectivity index (χ1) is 9.58. The molecule has 0 aromatic heterocycles. The summed E-state index contributed by atoms with van der Waals surface area (Å²) in [5.41, 5.74) is 4.67. The van der Waals surface area contributed by atoms with Gasteiger partial charge in [-0.1, -0.05) is 18.2 Å². The van der Waals surface area contributed by atoms with Gasteiger partial charge >= 0.3 is 0 Å². The van der Waals surface area contributed by atoms with E-state index in [0.717, 1.165) is 12.1 Å². The zero-order valence-electron chi connectivity index (χ0n) is 12.1. The molecule has 3 heteroatoms. The molecule has 2 aromatic rings. The molecule has 0 aliphatic carbocycles. The fraction of sp³-hybridized carbons (Fsp3) is 0.294. The van der Waals surface area contributed by atoms with E-state index in [4.69, 9.17) is 0 Å². The first-order valence-corrected chi connectivity index (χ1v) is 6.91. The van der Waals surface area contributed by atoms with Crippen LogP contribution in [-0.2, 0) is 6.54 Å². The number of fused-ring (bicyclic) bond motifs is 1. The molecular formula is C17H19FN2. The molecule has 1 aliphatic heterocycles. The highest BCUT2D eigenvalue weighted by molar-refractivity contribution is 5.77. The van der Waals surface area contributed by atoms with Crippen LogP contribution in [-0.4, -0.2) is 13.2 Å². The van der Waals surface area contributed by atoms with Crippen LogP contribution in [0, 0.1) is 12.7 Å². The Labute approximate surface area is 119 Å². The average molecular weight is 270 g/mol. The summed E-state index contributed by atoms with van der Waals surface area (Å²) >= 11 is 0. The lowest BCUT2D eigenvalue weighted by atomic mass is 10.1. The van der Waals surface area contributed by atoms with E-state index in [2.05, 4.69) is 48.0 Å². The largest absolute Gasteiger partial charge is 0.353 e. The summed E-state index contributed by atoms with van der Waals surface area (Å²) in [5, 5.41) is 0. The van der Waals surface area contributed by atoms with Gasteiger partial charge in [0, 0.05) is 13.6 Å². The van der Waals surface area contributed by atoms with Crippen LogP contribution in [0.2, 0.25) is 0 Å². The lowest BCUT2D eigenvalue weighted by molar-refractivity contribution is 0.622. The van der Waals surface area contributed by atoms with Crippen LogP contribution in [0.4, 0.5) is 15.8 Å². The molecule has 2 nitrogen and oxygen atoms in total. The fourth-order valence-corrected chi connectivity index (χ4v) is 2.85. The van der Waals surface area contributed by atoms with Gasteiger partial charge in [-0.25, -0.2) is 4.39 Å². The van der Waals surface area contributed by atoms with Crippen molar-refractivity contribution in [2.75, 3.05) is 16.8 Å². The van der Waals surface area contributed by atoms with Crippen molar-refractivity contribution in [1.29, 1.82) is 0 Å². The first kappa shape index (κ1) is 13.0. The molecule has 1 heterocycles. The molecule has 0 fully saturated rings. The second-order valence-electron chi connectivity index (χ2n) is 5.43. The Hall–Kier alpha value is -2.03. The predicted octanol–water partition coefficient (Wildman–Crippen LogP) is 3.94. The maximum absolute atomic E-state index is 13.2. The quantitative estimate of drug-likeness (QED) is 0.815. The van der Waals surface area contributed by atoms with Crippen LogP contribution >= 0.6 is 0 Å². The van der Waals surface area contributed by atoms with E-state index in [9.17, 15) is 4.39 Å². The highest BCUT2D eigenvalue weighted by Gasteiger charge is 2.29. The Kier molecular flexibility index (Phi) is 3.13. The number of halogens is 1. The Balaban J connectivity index is 1.95. The van der Waals surface area contributed by atoms with Crippen molar-refractivity contribution in [3.05, 3.63) is 59.4 Å². The number of hydrogen-bond donors (Lipinski definition) is 0. The minimum Gasteiger partial charge on any atom is -0.353 e. The van der Waals surface area contributed by atoms with Gasteiger partial charge in [0.25, 0.3) is 0 Å². The van der Waals surface area contributed by atoms with Crippen molar-refractivity contribution in [2.45, 2.75) is 26.6 Å². The molecule has 0 saturated heterocycles. The highest BCUT2D eigenvalue weighted by atomic mass is 19.1. The van der Waals surface area contributed by atoms with E-state index >= 15 is 0 Å². The molecule has 0 radical (unpaired) electrons. The standard InChI is InChI=1S/C17H19FN2/c1-12-10-15(18)9-8-14(12)11-20-13(2)19(3)16-6-4-5-7-17(16)20/h4-10,13H,11H2,1-3H3. The molecular weight excluding hydrogens is 251 g/mol. The van der Waals surface area contributed by atoms with Gasteiger partial charge < -0.3 is 9.80 Å². The number of anilines is 2. The Morgan fingerprint density at radius 1 is 1.10 bits per heavy atom. The van der Waals surface area contributed by atoms with Gasteiger partial charge in [0.05, 0.1) is 17.5 Å². The molecule has 0 N–H and O–H groups in total. The van der Waals surface area contributed by atoms with E-state index in [0.29, 0.717) is 6.17 Å². The lowest BCUT2D eigenvalue weighted by Gasteiger charge is -2.28. The molecule has 0 bridgehead atoms. The predicted molar refractivity (Wildman–Crippen MR) is 81.6 cm³/mol. The van der Waals surface area contributed by atoms with Gasteiger partial charge in [0.15, 0.2) is 0 Å². The summed E-state index contributed by atoms with van der Waals surface area (Å²) in [4.78, 5) is 4.63. The molecule has 20 heavy (non-hydrogen) atoms. The third-order valence-corrected chi connectivity index (χ3v) is 4.23. The monoisotopic (exact) mass is 270 g/mol. The summed E-state index contributed by atoms with van der Waals surface area (Å²) in [6, 6.07) is 13.4. The van der Waals surface area contributed by atoms with Crippen LogP contribution in [0.15, 0.2) is 42.5 Å². The minimum absolute atomic E-state index is 0.168. The zero-order valence-corrected chi connectivity index (χ0v) is 12.1. The summed E-state index contributed by atoms with van der Waals surface area (Å²) in [7, 11) is 2.11. The summed E-state index contributed by atoms with van der Waals surface area (Å²) < 4.78 is 13.2. The molecule has 0 spiro atoms. The maximum Gasteiger partial charge on any atom is 0.123 e. The van der Waals surface area contributed by atoms with E-state index in [1.165, 1.54) is 16.9 Å². The second kappa shape index (κ2) is 4.82. The Bertz CT molecular complexity index is 639. The Morgan fingerprint density at radius 3 is 2.50 bits per heavy atom. The van der Waals surface area contributed by atoms with Crippen LogP contribution in [0.5, 0.6) is 0 Å². The SMILES string of the molecule is Cc1cc(F)ccc1CN1c2ccccc2N(C)C1C. The minimum atomic E-state index is -0.168. The van der Waals surface area contributed by atoms with Crippen molar-refractivity contribution in [3.63, 3.8) is 0 Å². The average Bonchev–Trinajstić information content (AvgIpc) is 2.67. The van der Waals surface area contributed by atoms with Crippen molar-refractivity contribution in [2.24, 2.45) is 0 Å². The maximum atomic E-state index is 13.2. The van der Waals surface area contributed by atoms with Gasteiger partial charge in [0.2, 0.25) is 0 Å². The van der Waals surface area contributed by atoms with Crippen LogP contribution in [0.1, 0.15) is 18.1 Å². The van der Waals surface area contributed by atoms with Crippen LogP contribution in [0.25, 0.3) is 0 Å².